The largest absolute Gasteiger partial charge is 0.337 e. The number of hydrogen-bond acceptors (Lipinski definition) is 3. The standard InChI is InChI=1S/C23H27N3O2/c1-17(27)26-20-11-5-6-13-25(23(28)14-18-8-7-12-24-16-18)22(20)15-21(26)19-9-3-2-4-10-19/h2-4,7-10,12,16,20-22H,5-6,11,13-15H2,1H3/t20-,21-,22+/m0/s1. The van der Waals surface area contributed by atoms with E-state index >= 15 is 0 Å². The Hall–Kier alpha value is -2.69. The monoisotopic (exact) mass is 377 g/mol. The lowest BCUT2D eigenvalue weighted by molar-refractivity contribution is -0.136. The van der Waals surface area contributed by atoms with Crippen molar-refractivity contribution in [2.45, 2.75) is 57.2 Å². The first-order chi connectivity index (χ1) is 13.6. The molecule has 1 aromatic carbocycles. The fourth-order valence-electron chi connectivity index (χ4n) is 4.90. The summed E-state index contributed by atoms with van der Waals surface area (Å²) >= 11 is 0. The number of fused-ring (bicyclic) bond motifs is 1. The van der Waals surface area contributed by atoms with Crippen molar-refractivity contribution >= 4 is 11.8 Å². The highest BCUT2D eigenvalue weighted by Crippen LogP contribution is 2.42. The molecule has 0 bridgehead atoms. The van der Waals surface area contributed by atoms with Crippen LogP contribution in [0.1, 0.15) is 49.8 Å². The Bertz CT molecular complexity index is 824. The van der Waals surface area contributed by atoms with E-state index in [-0.39, 0.29) is 29.9 Å². The van der Waals surface area contributed by atoms with Crippen molar-refractivity contribution < 1.29 is 9.59 Å². The highest BCUT2D eigenvalue weighted by Gasteiger charge is 2.47. The highest BCUT2D eigenvalue weighted by molar-refractivity contribution is 5.80. The summed E-state index contributed by atoms with van der Waals surface area (Å²) in [6, 6.07) is 14.3. The van der Waals surface area contributed by atoms with Crippen LogP contribution in [0.2, 0.25) is 0 Å². The van der Waals surface area contributed by atoms with Crippen LogP contribution in [-0.4, -0.2) is 45.2 Å². The Labute approximate surface area is 166 Å². The van der Waals surface area contributed by atoms with Crippen molar-refractivity contribution in [1.82, 2.24) is 14.8 Å². The van der Waals surface area contributed by atoms with Gasteiger partial charge < -0.3 is 9.80 Å². The molecule has 146 valence electrons. The molecule has 5 heteroatoms. The van der Waals surface area contributed by atoms with Gasteiger partial charge in [0.1, 0.15) is 0 Å². The third-order valence-electron chi connectivity index (χ3n) is 6.10. The van der Waals surface area contributed by atoms with E-state index in [4.69, 9.17) is 0 Å². The molecule has 0 N–H and O–H groups in total. The quantitative estimate of drug-likeness (QED) is 0.824. The molecule has 5 nitrogen and oxygen atoms in total. The van der Waals surface area contributed by atoms with Crippen LogP contribution in [0.25, 0.3) is 0 Å². The number of pyridine rings is 1. The highest BCUT2D eigenvalue weighted by atomic mass is 16.2. The Morgan fingerprint density at radius 3 is 2.61 bits per heavy atom. The van der Waals surface area contributed by atoms with Gasteiger partial charge in [-0.3, -0.25) is 14.6 Å². The number of carbonyl (C=O) groups excluding carboxylic acids is 2. The van der Waals surface area contributed by atoms with E-state index in [1.165, 1.54) is 0 Å². The third kappa shape index (κ3) is 3.66. The van der Waals surface area contributed by atoms with Crippen LogP contribution >= 0.6 is 0 Å². The second-order valence-electron chi connectivity index (χ2n) is 7.84. The van der Waals surface area contributed by atoms with Crippen molar-refractivity contribution in [3.63, 3.8) is 0 Å². The lowest BCUT2D eigenvalue weighted by Gasteiger charge is -2.33. The summed E-state index contributed by atoms with van der Waals surface area (Å²) in [5.41, 5.74) is 2.10. The SMILES string of the molecule is CC(=O)N1[C@H](c2ccccc2)C[C@@H]2[C@@H]1CCCCN2C(=O)Cc1cccnc1. The molecule has 0 saturated carbocycles. The lowest BCUT2D eigenvalue weighted by atomic mass is 10.00. The average Bonchev–Trinajstić information content (AvgIpc) is 2.97. The van der Waals surface area contributed by atoms with Crippen LogP contribution in [0.5, 0.6) is 0 Å². The van der Waals surface area contributed by atoms with Crippen molar-refractivity contribution in [2.75, 3.05) is 6.54 Å². The Morgan fingerprint density at radius 2 is 1.89 bits per heavy atom. The molecule has 0 spiro atoms. The van der Waals surface area contributed by atoms with E-state index in [9.17, 15) is 9.59 Å². The first kappa shape index (κ1) is 18.7. The van der Waals surface area contributed by atoms with Gasteiger partial charge in [0.15, 0.2) is 0 Å². The smallest absolute Gasteiger partial charge is 0.227 e. The van der Waals surface area contributed by atoms with Crippen molar-refractivity contribution in [2.24, 2.45) is 0 Å². The number of amides is 2. The molecule has 1 aromatic heterocycles. The molecule has 2 saturated heterocycles. The molecule has 2 aliphatic rings. The van der Waals surface area contributed by atoms with Gasteiger partial charge in [0, 0.05) is 25.9 Å². The minimum Gasteiger partial charge on any atom is -0.337 e. The summed E-state index contributed by atoms with van der Waals surface area (Å²) in [6.07, 6.45) is 7.67. The Morgan fingerprint density at radius 1 is 1.07 bits per heavy atom. The lowest BCUT2D eigenvalue weighted by Crippen LogP contribution is -2.48. The summed E-state index contributed by atoms with van der Waals surface area (Å²) in [5.74, 6) is 0.241. The van der Waals surface area contributed by atoms with Crippen molar-refractivity contribution in [3.05, 3.63) is 66.0 Å². The van der Waals surface area contributed by atoms with Crippen molar-refractivity contribution in [1.29, 1.82) is 0 Å². The normalized spacial score (nSPS) is 24.5. The molecule has 0 radical (unpaired) electrons. The summed E-state index contributed by atoms with van der Waals surface area (Å²) in [7, 11) is 0. The molecular weight excluding hydrogens is 350 g/mol. The molecule has 2 aromatic rings. The maximum Gasteiger partial charge on any atom is 0.227 e. The summed E-state index contributed by atoms with van der Waals surface area (Å²) in [6.45, 7) is 2.43. The molecule has 0 aliphatic carbocycles. The fraction of sp³-hybridized carbons (Fsp3) is 0.435. The molecule has 4 rings (SSSR count). The zero-order valence-electron chi connectivity index (χ0n) is 16.3. The Balaban J connectivity index is 1.61. The van der Waals surface area contributed by atoms with E-state index < -0.39 is 0 Å². The predicted octanol–water partition coefficient (Wildman–Crippen LogP) is 3.37. The van der Waals surface area contributed by atoms with Gasteiger partial charge in [0.2, 0.25) is 11.8 Å². The molecule has 28 heavy (non-hydrogen) atoms. The molecule has 2 aliphatic heterocycles. The predicted molar refractivity (Wildman–Crippen MR) is 107 cm³/mol. The molecule has 2 fully saturated rings. The van der Waals surface area contributed by atoms with Crippen LogP contribution in [-0.2, 0) is 16.0 Å². The first-order valence-electron chi connectivity index (χ1n) is 10.2. The zero-order chi connectivity index (χ0) is 19.5. The summed E-state index contributed by atoms with van der Waals surface area (Å²) in [4.78, 5) is 34.0. The molecule has 0 unspecified atom stereocenters. The van der Waals surface area contributed by atoms with Crippen LogP contribution in [0, 0.1) is 0 Å². The maximum atomic E-state index is 13.2. The minimum atomic E-state index is 0.0421. The van der Waals surface area contributed by atoms with E-state index in [1.54, 1.807) is 19.3 Å². The molecule has 2 amide bonds. The van der Waals surface area contributed by atoms with Gasteiger partial charge in [0.25, 0.3) is 0 Å². The van der Waals surface area contributed by atoms with Crippen LogP contribution in [0.15, 0.2) is 54.9 Å². The van der Waals surface area contributed by atoms with Gasteiger partial charge in [-0.2, -0.15) is 0 Å². The summed E-state index contributed by atoms with van der Waals surface area (Å²) in [5, 5.41) is 0. The molecule has 3 heterocycles. The first-order valence-corrected chi connectivity index (χ1v) is 10.2. The number of carbonyl (C=O) groups is 2. The van der Waals surface area contributed by atoms with Crippen molar-refractivity contribution in [3.8, 4) is 0 Å². The van der Waals surface area contributed by atoms with Gasteiger partial charge in [-0.05, 0) is 42.9 Å². The zero-order valence-corrected chi connectivity index (χ0v) is 16.3. The second-order valence-corrected chi connectivity index (χ2v) is 7.84. The molecular formula is C23H27N3O2. The maximum absolute atomic E-state index is 13.2. The van der Waals surface area contributed by atoms with Gasteiger partial charge in [-0.1, -0.05) is 36.4 Å². The number of likely N-dealkylation sites (tertiary alicyclic amines) is 2. The fourth-order valence-corrected chi connectivity index (χ4v) is 4.90. The third-order valence-corrected chi connectivity index (χ3v) is 6.10. The van der Waals surface area contributed by atoms with E-state index in [0.717, 1.165) is 43.4 Å². The van der Waals surface area contributed by atoms with E-state index in [1.807, 2.05) is 40.1 Å². The van der Waals surface area contributed by atoms with Crippen LogP contribution < -0.4 is 0 Å². The topological polar surface area (TPSA) is 53.5 Å². The number of nitrogens with zero attached hydrogens (tertiary/aromatic N) is 3. The Kier molecular flexibility index (Phi) is 5.42. The van der Waals surface area contributed by atoms with Crippen LogP contribution in [0.3, 0.4) is 0 Å². The van der Waals surface area contributed by atoms with Gasteiger partial charge >= 0.3 is 0 Å². The second kappa shape index (κ2) is 8.13. The van der Waals surface area contributed by atoms with Gasteiger partial charge in [0.05, 0.1) is 24.5 Å². The average molecular weight is 377 g/mol. The minimum absolute atomic E-state index is 0.0421. The number of aromatic nitrogens is 1. The summed E-state index contributed by atoms with van der Waals surface area (Å²) < 4.78 is 0. The van der Waals surface area contributed by atoms with Crippen LogP contribution in [0.4, 0.5) is 0 Å². The van der Waals surface area contributed by atoms with Gasteiger partial charge in [-0.25, -0.2) is 0 Å². The number of hydrogen-bond donors (Lipinski definition) is 0. The van der Waals surface area contributed by atoms with E-state index in [2.05, 4.69) is 17.1 Å². The van der Waals surface area contributed by atoms with Gasteiger partial charge in [-0.15, -0.1) is 0 Å². The van der Waals surface area contributed by atoms with E-state index in [0.29, 0.717) is 6.42 Å². The number of rotatable bonds is 3. The number of benzene rings is 1. The molecule has 3 atom stereocenters.